The number of alkyl halides is 1. The fourth-order valence-corrected chi connectivity index (χ4v) is 1.67. The molecule has 1 atom stereocenters. The lowest BCUT2D eigenvalue weighted by Crippen LogP contribution is -2.32. The molecule has 0 aliphatic heterocycles. The molecular formula is C12H17ClN2O2. The predicted molar refractivity (Wildman–Crippen MR) is 67.6 cm³/mol. The maximum atomic E-state index is 11.8. The Morgan fingerprint density at radius 1 is 1.53 bits per heavy atom. The van der Waals surface area contributed by atoms with Crippen molar-refractivity contribution in [2.45, 2.75) is 19.2 Å². The molecule has 1 unspecified atom stereocenters. The second-order valence-electron chi connectivity index (χ2n) is 3.85. The number of nitrogens with zero attached hydrogens (tertiary/aromatic N) is 1. The average Bonchev–Trinajstić information content (AvgIpc) is 2.26. The second-order valence-corrected chi connectivity index (χ2v) is 4.47. The van der Waals surface area contributed by atoms with Crippen molar-refractivity contribution in [2.24, 2.45) is 0 Å². The molecule has 94 valence electrons. The molecule has 1 amide bonds. The van der Waals surface area contributed by atoms with Crippen LogP contribution >= 0.6 is 11.6 Å². The van der Waals surface area contributed by atoms with E-state index < -0.39 is 0 Å². The van der Waals surface area contributed by atoms with Crippen molar-refractivity contribution in [3.63, 3.8) is 0 Å². The van der Waals surface area contributed by atoms with Crippen LogP contribution in [0.2, 0.25) is 0 Å². The van der Waals surface area contributed by atoms with E-state index in [-0.39, 0.29) is 11.3 Å². The maximum absolute atomic E-state index is 11.8. The lowest BCUT2D eigenvalue weighted by atomic mass is 10.1. The number of ether oxygens (including phenoxy) is 1. The third-order valence-electron chi connectivity index (χ3n) is 2.30. The van der Waals surface area contributed by atoms with E-state index in [9.17, 15) is 4.79 Å². The van der Waals surface area contributed by atoms with Crippen molar-refractivity contribution in [3.05, 3.63) is 29.1 Å². The van der Waals surface area contributed by atoms with Gasteiger partial charge in [-0.2, -0.15) is 0 Å². The van der Waals surface area contributed by atoms with E-state index in [4.69, 9.17) is 16.3 Å². The minimum Gasteiger partial charge on any atom is -0.383 e. The highest BCUT2D eigenvalue weighted by Crippen LogP contribution is 2.06. The molecular weight excluding hydrogens is 240 g/mol. The molecule has 17 heavy (non-hydrogen) atoms. The van der Waals surface area contributed by atoms with Crippen molar-refractivity contribution in [1.29, 1.82) is 0 Å². The predicted octanol–water partition coefficient (Wildman–Crippen LogP) is 1.68. The number of amides is 1. The van der Waals surface area contributed by atoms with Crippen LogP contribution in [0.3, 0.4) is 0 Å². The van der Waals surface area contributed by atoms with Crippen LogP contribution in [0.1, 0.15) is 21.7 Å². The van der Waals surface area contributed by atoms with Crippen molar-refractivity contribution in [1.82, 2.24) is 10.3 Å². The summed E-state index contributed by atoms with van der Waals surface area (Å²) < 4.78 is 4.89. The van der Waals surface area contributed by atoms with E-state index in [1.54, 1.807) is 13.2 Å². The minimum atomic E-state index is -0.220. The molecule has 1 aromatic rings. The molecule has 0 spiro atoms. The number of hydrogen-bond donors (Lipinski definition) is 1. The zero-order valence-corrected chi connectivity index (χ0v) is 11.0. The van der Waals surface area contributed by atoms with E-state index in [0.717, 1.165) is 11.4 Å². The quantitative estimate of drug-likeness (QED) is 0.816. The van der Waals surface area contributed by atoms with Gasteiger partial charge in [0.2, 0.25) is 0 Å². The second kappa shape index (κ2) is 6.57. The van der Waals surface area contributed by atoms with Gasteiger partial charge >= 0.3 is 0 Å². The van der Waals surface area contributed by atoms with E-state index in [1.165, 1.54) is 0 Å². The average molecular weight is 257 g/mol. The Labute approximate surface area is 106 Å². The highest BCUT2D eigenvalue weighted by Gasteiger charge is 2.11. The molecule has 1 heterocycles. The molecule has 1 N–H and O–H groups in total. The SMILES string of the molecule is COCC(Cl)CNC(=O)c1ccc(C)nc1C. The zero-order valence-electron chi connectivity index (χ0n) is 10.3. The zero-order chi connectivity index (χ0) is 12.8. The van der Waals surface area contributed by atoms with Crippen LogP contribution in [-0.4, -0.2) is 36.5 Å². The summed E-state index contributed by atoms with van der Waals surface area (Å²) >= 11 is 5.92. The summed E-state index contributed by atoms with van der Waals surface area (Å²) in [5.41, 5.74) is 2.20. The van der Waals surface area contributed by atoms with Crippen molar-refractivity contribution in [2.75, 3.05) is 20.3 Å². The number of pyridine rings is 1. The Bertz CT molecular complexity index is 396. The normalized spacial score (nSPS) is 12.2. The number of carbonyl (C=O) groups excluding carboxylic acids is 1. The minimum absolute atomic E-state index is 0.156. The third-order valence-corrected chi connectivity index (χ3v) is 2.58. The van der Waals surface area contributed by atoms with E-state index in [2.05, 4.69) is 10.3 Å². The fraction of sp³-hybridized carbons (Fsp3) is 0.500. The topological polar surface area (TPSA) is 51.2 Å². The third kappa shape index (κ3) is 4.32. The highest BCUT2D eigenvalue weighted by molar-refractivity contribution is 6.21. The summed E-state index contributed by atoms with van der Waals surface area (Å²) in [6.45, 7) is 4.49. The molecule has 0 radical (unpaired) electrons. The molecule has 0 fully saturated rings. The number of halogens is 1. The summed E-state index contributed by atoms with van der Waals surface area (Å²) in [4.78, 5) is 16.1. The molecule has 0 aliphatic rings. The highest BCUT2D eigenvalue weighted by atomic mass is 35.5. The van der Waals surface area contributed by atoms with Crippen LogP contribution in [0, 0.1) is 13.8 Å². The summed E-state index contributed by atoms with van der Waals surface area (Å²) in [6.07, 6.45) is 0. The van der Waals surface area contributed by atoms with Crippen LogP contribution in [-0.2, 0) is 4.74 Å². The summed E-state index contributed by atoms with van der Waals surface area (Å²) in [5, 5.41) is 2.53. The van der Waals surface area contributed by atoms with Gasteiger partial charge in [-0.3, -0.25) is 9.78 Å². The number of hydrogen-bond acceptors (Lipinski definition) is 3. The van der Waals surface area contributed by atoms with Gasteiger partial charge in [-0.1, -0.05) is 0 Å². The van der Waals surface area contributed by atoms with E-state index in [1.807, 2.05) is 19.9 Å². The van der Waals surface area contributed by atoms with Crippen LogP contribution in [0.25, 0.3) is 0 Å². The Hall–Kier alpha value is -1.13. The molecule has 4 nitrogen and oxygen atoms in total. The molecule has 1 aromatic heterocycles. The summed E-state index contributed by atoms with van der Waals surface area (Å²) in [6, 6.07) is 3.59. The summed E-state index contributed by atoms with van der Waals surface area (Å²) in [5.74, 6) is -0.156. The molecule has 0 saturated carbocycles. The smallest absolute Gasteiger partial charge is 0.253 e. The molecule has 0 aromatic carbocycles. The maximum Gasteiger partial charge on any atom is 0.253 e. The Kier molecular flexibility index (Phi) is 5.38. The first-order valence-electron chi connectivity index (χ1n) is 5.40. The number of methoxy groups -OCH3 is 1. The fourth-order valence-electron chi connectivity index (χ4n) is 1.46. The first kappa shape index (κ1) is 13.9. The van der Waals surface area contributed by atoms with Gasteiger partial charge in [0.1, 0.15) is 0 Å². The first-order valence-corrected chi connectivity index (χ1v) is 5.83. The van der Waals surface area contributed by atoms with Crippen LogP contribution < -0.4 is 5.32 Å². The Balaban J connectivity index is 2.58. The standard InChI is InChI=1S/C12H17ClN2O2/c1-8-4-5-11(9(2)15-8)12(16)14-6-10(13)7-17-3/h4-5,10H,6-7H2,1-3H3,(H,14,16). The van der Waals surface area contributed by atoms with Gasteiger partial charge in [-0.05, 0) is 26.0 Å². The van der Waals surface area contributed by atoms with Gasteiger partial charge in [0.15, 0.2) is 0 Å². The van der Waals surface area contributed by atoms with Crippen molar-refractivity contribution < 1.29 is 9.53 Å². The van der Waals surface area contributed by atoms with E-state index >= 15 is 0 Å². The monoisotopic (exact) mass is 256 g/mol. The largest absolute Gasteiger partial charge is 0.383 e. The Morgan fingerprint density at radius 3 is 2.82 bits per heavy atom. The van der Waals surface area contributed by atoms with Gasteiger partial charge in [-0.25, -0.2) is 0 Å². The number of aromatic nitrogens is 1. The molecule has 0 saturated heterocycles. The molecule has 0 bridgehead atoms. The Morgan fingerprint density at radius 2 is 2.24 bits per heavy atom. The number of carbonyl (C=O) groups is 1. The number of nitrogens with one attached hydrogen (secondary N) is 1. The molecule has 0 aliphatic carbocycles. The van der Waals surface area contributed by atoms with Gasteiger partial charge in [0.05, 0.1) is 23.2 Å². The molecule has 5 heteroatoms. The van der Waals surface area contributed by atoms with Gasteiger partial charge in [-0.15, -0.1) is 11.6 Å². The number of aryl methyl sites for hydroxylation is 2. The van der Waals surface area contributed by atoms with Crippen LogP contribution in [0.4, 0.5) is 0 Å². The van der Waals surface area contributed by atoms with Crippen LogP contribution in [0.15, 0.2) is 12.1 Å². The summed E-state index contributed by atoms with van der Waals surface area (Å²) in [7, 11) is 1.57. The number of rotatable bonds is 5. The lowest BCUT2D eigenvalue weighted by Gasteiger charge is -2.11. The van der Waals surface area contributed by atoms with Crippen molar-refractivity contribution in [3.8, 4) is 0 Å². The van der Waals surface area contributed by atoms with Crippen molar-refractivity contribution >= 4 is 17.5 Å². The first-order chi connectivity index (χ1) is 8.04. The molecule has 1 rings (SSSR count). The van der Waals surface area contributed by atoms with Gasteiger partial charge in [0, 0.05) is 19.3 Å². The lowest BCUT2D eigenvalue weighted by molar-refractivity contribution is 0.0948. The van der Waals surface area contributed by atoms with Gasteiger partial charge in [0.25, 0.3) is 5.91 Å². The van der Waals surface area contributed by atoms with Gasteiger partial charge < -0.3 is 10.1 Å². The van der Waals surface area contributed by atoms with E-state index in [0.29, 0.717) is 18.7 Å². The van der Waals surface area contributed by atoms with Crippen LogP contribution in [0.5, 0.6) is 0 Å².